The first-order valence-electron chi connectivity index (χ1n) is 7.18. The number of likely N-dealkylation sites (tertiary alicyclic amines) is 1. The highest BCUT2D eigenvalue weighted by atomic mass is 32.1. The molecule has 6 nitrogen and oxygen atoms in total. The lowest BCUT2D eigenvalue weighted by Crippen LogP contribution is -2.31. The Hall–Kier alpha value is -1.76. The van der Waals surface area contributed by atoms with E-state index in [4.69, 9.17) is 4.52 Å². The van der Waals surface area contributed by atoms with Gasteiger partial charge < -0.3 is 9.42 Å². The lowest BCUT2D eigenvalue weighted by molar-refractivity contribution is 0.0738. The molecule has 0 bridgehead atoms. The minimum Gasteiger partial charge on any atom is -0.361 e. The maximum atomic E-state index is 12.8. The van der Waals surface area contributed by atoms with E-state index in [-0.39, 0.29) is 11.9 Å². The number of rotatable bonds is 3. The molecule has 1 aliphatic heterocycles. The Morgan fingerprint density at radius 3 is 2.95 bits per heavy atom. The van der Waals surface area contributed by atoms with Crippen LogP contribution >= 0.6 is 11.5 Å². The van der Waals surface area contributed by atoms with Crippen LogP contribution in [0.25, 0.3) is 0 Å². The lowest BCUT2D eigenvalue weighted by Gasteiger charge is -2.24. The number of hydrogen-bond acceptors (Lipinski definition) is 6. The van der Waals surface area contributed by atoms with Crippen LogP contribution in [0.15, 0.2) is 4.52 Å². The average molecular weight is 306 g/mol. The smallest absolute Gasteiger partial charge is 0.268 e. The summed E-state index contributed by atoms with van der Waals surface area (Å²) in [5, 5.41) is 8.06. The first-order valence-corrected chi connectivity index (χ1v) is 7.95. The van der Waals surface area contributed by atoms with Crippen LogP contribution in [0.4, 0.5) is 0 Å². The number of aryl methyl sites for hydroxylation is 3. The molecule has 1 amide bonds. The summed E-state index contributed by atoms with van der Waals surface area (Å²) < 4.78 is 9.18. The number of amides is 1. The molecule has 1 saturated heterocycles. The molecule has 0 saturated carbocycles. The monoisotopic (exact) mass is 306 g/mol. The van der Waals surface area contributed by atoms with Crippen LogP contribution in [0, 0.1) is 13.8 Å². The van der Waals surface area contributed by atoms with E-state index >= 15 is 0 Å². The van der Waals surface area contributed by atoms with Gasteiger partial charge in [0.15, 0.2) is 0 Å². The highest BCUT2D eigenvalue weighted by Gasteiger charge is 2.35. The Kier molecular flexibility index (Phi) is 3.75. The van der Waals surface area contributed by atoms with Crippen molar-refractivity contribution in [2.45, 2.75) is 46.1 Å². The molecule has 2 aromatic heterocycles. The van der Waals surface area contributed by atoms with E-state index in [1.165, 1.54) is 11.5 Å². The van der Waals surface area contributed by atoms with Crippen molar-refractivity contribution < 1.29 is 9.32 Å². The van der Waals surface area contributed by atoms with Crippen molar-refractivity contribution in [3.63, 3.8) is 0 Å². The third-order valence-corrected chi connectivity index (χ3v) is 4.78. The largest absolute Gasteiger partial charge is 0.361 e. The summed E-state index contributed by atoms with van der Waals surface area (Å²) in [4.78, 5) is 15.4. The summed E-state index contributed by atoms with van der Waals surface area (Å²) >= 11 is 1.19. The van der Waals surface area contributed by atoms with Crippen LogP contribution in [0.3, 0.4) is 0 Å². The van der Waals surface area contributed by atoms with Crippen LogP contribution in [0.2, 0.25) is 0 Å². The lowest BCUT2D eigenvalue weighted by atomic mass is 10.0. The predicted octanol–water partition coefficient (Wildman–Crippen LogP) is 2.68. The zero-order chi connectivity index (χ0) is 15.0. The average Bonchev–Trinajstić information content (AvgIpc) is 3.18. The zero-order valence-corrected chi connectivity index (χ0v) is 13.2. The first-order chi connectivity index (χ1) is 10.1. The summed E-state index contributed by atoms with van der Waals surface area (Å²) in [5.74, 6) is 0.833. The Morgan fingerprint density at radius 1 is 1.48 bits per heavy atom. The molecule has 0 N–H and O–H groups in total. The Bertz CT molecular complexity index is 644. The molecule has 1 atom stereocenters. The third kappa shape index (κ3) is 2.35. The third-order valence-electron chi connectivity index (χ3n) is 4.02. The van der Waals surface area contributed by atoms with Gasteiger partial charge in [0.2, 0.25) is 0 Å². The summed E-state index contributed by atoms with van der Waals surface area (Å²) in [6.45, 7) is 6.58. The van der Waals surface area contributed by atoms with Crippen LogP contribution in [0.5, 0.6) is 0 Å². The molecular weight excluding hydrogens is 288 g/mol. The Balaban J connectivity index is 1.93. The van der Waals surface area contributed by atoms with Gasteiger partial charge in [-0.2, -0.15) is 0 Å². The minimum absolute atomic E-state index is 0.0318. The summed E-state index contributed by atoms with van der Waals surface area (Å²) in [6, 6.07) is 0.0514. The normalized spacial score (nSPS) is 18.4. The van der Waals surface area contributed by atoms with E-state index in [1.807, 2.05) is 25.7 Å². The van der Waals surface area contributed by atoms with Gasteiger partial charge in [-0.15, -0.1) is 5.10 Å². The molecule has 1 aliphatic rings. The molecule has 112 valence electrons. The van der Waals surface area contributed by atoms with Gasteiger partial charge in [0.1, 0.15) is 10.6 Å². The number of hydrogen-bond donors (Lipinski definition) is 0. The SMILES string of the molecule is CCc1nnsc1C(=O)N1CCCC1c1c(C)noc1C. The van der Waals surface area contributed by atoms with Crippen molar-refractivity contribution in [2.75, 3.05) is 6.54 Å². The maximum absolute atomic E-state index is 12.8. The van der Waals surface area contributed by atoms with Crippen molar-refractivity contribution >= 4 is 17.4 Å². The van der Waals surface area contributed by atoms with E-state index in [0.29, 0.717) is 4.88 Å². The molecule has 1 fully saturated rings. The van der Waals surface area contributed by atoms with Crippen LogP contribution in [0.1, 0.15) is 58.2 Å². The molecule has 1 unspecified atom stereocenters. The molecule has 0 spiro atoms. The second-order valence-electron chi connectivity index (χ2n) is 5.30. The van der Waals surface area contributed by atoms with E-state index < -0.39 is 0 Å². The predicted molar refractivity (Wildman–Crippen MR) is 78.3 cm³/mol. The molecule has 3 rings (SSSR count). The van der Waals surface area contributed by atoms with Gasteiger partial charge in [-0.25, -0.2) is 0 Å². The van der Waals surface area contributed by atoms with Gasteiger partial charge in [-0.1, -0.05) is 16.6 Å². The van der Waals surface area contributed by atoms with Crippen molar-refractivity contribution in [1.29, 1.82) is 0 Å². The number of nitrogens with zero attached hydrogens (tertiary/aromatic N) is 4. The number of carbonyl (C=O) groups is 1. The topological polar surface area (TPSA) is 72.1 Å². The van der Waals surface area contributed by atoms with Crippen molar-refractivity contribution in [3.05, 3.63) is 27.6 Å². The van der Waals surface area contributed by atoms with Crippen molar-refractivity contribution in [1.82, 2.24) is 19.6 Å². The highest BCUT2D eigenvalue weighted by molar-refractivity contribution is 7.08. The van der Waals surface area contributed by atoms with Gasteiger partial charge in [0.05, 0.1) is 17.4 Å². The fraction of sp³-hybridized carbons (Fsp3) is 0.571. The van der Waals surface area contributed by atoms with E-state index in [1.54, 1.807) is 0 Å². The summed E-state index contributed by atoms with van der Waals surface area (Å²) in [5.41, 5.74) is 2.71. The van der Waals surface area contributed by atoms with Crippen LogP contribution in [-0.4, -0.2) is 32.1 Å². The van der Waals surface area contributed by atoms with E-state index in [0.717, 1.165) is 48.5 Å². The molecule has 21 heavy (non-hydrogen) atoms. The van der Waals surface area contributed by atoms with Crippen molar-refractivity contribution in [2.24, 2.45) is 0 Å². The zero-order valence-electron chi connectivity index (χ0n) is 12.4. The fourth-order valence-electron chi connectivity index (χ4n) is 3.01. The van der Waals surface area contributed by atoms with E-state index in [9.17, 15) is 4.79 Å². The Labute approximate surface area is 127 Å². The van der Waals surface area contributed by atoms with Gasteiger partial charge in [0, 0.05) is 12.1 Å². The number of carbonyl (C=O) groups excluding carboxylic acids is 1. The summed E-state index contributed by atoms with van der Waals surface area (Å²) in [6.07, 6.45) is 2.66. The van der Waals surface area contributed by atoms with Gasteiger partial charge in [0.25, 0.3) is 5.91 Å². The molecule has 0 aromatic carbocycles. The quantitative estimate of drug-likeness (QED) is 0.871. The van der Waals surface area contributed by atoms with Crippen LogP contribution in [-0.2, 0) is 6.42 Å². The second-order valence-corrected chi connectivity index (χ2v) is 6.05. The summed E-state index contributed by atoms with van der Waals surface area (Å²) in [7, 11) is 0. The molecule has 0 radical (unpaired) electrons. The second kappa shape index (κ2) is 5.55. The standard InChI is InChI=1S/C14H18N4O2S/c1-4-10-13(21-17-15-10)14(19)18-7-5-6-11(18)12-8(2)16-20-9(12)3/h11H,4-7H2,1-3H3. The molecule has 3 heterocycles. The molecule has 7 heteroatoms. The first kappa shape index (κ1) is 14.2. The molecule has 2 aromatic rings. The van der Waals surface area contributed by atoms with Gasteiger partial charge in [-0.05, 0) is 44.6 Å². The fourth-order valence-corrected chi connectivity index (χ4v) is 3.72. The van der Waals surface area contributed by atoms with Gasteiger partial charge in [-0.3, -0.25) is 4.79 Å². The molecular formula is C14H18N4O2S. The minimum atomic E-state index is 0.0318. The Morgan fingerprint density at radius 2 is 2.29 bits per heavy atom. The van der Waals surface area contributed by atoms with E-state index in [2.05, 4.69) is 14.7 Å². The number of aromatic nitrogens is 3. The molecule has 0 aliphatic carbocycles. The maximum Gasteiger partial charge on any atom is 0.268 e. The van der Waals surface area contributed by atoms with Crippen LogP contribution < -0.4 is 0 Å². The van der Waals surface area contributed by atoms with Crippen molar-refractivity contribution in [3.8, 4) is 0 Å². The highest BCUT2D eigenvalue weighted by Crippen LogP contribution is 2.37. The van der Waals surface area contributed by atoms with Gasteiger partial charge >= 0.3 is 0 Å².